The number of hydrogen-bond acceptors (Lipinski definition) is 3. The number of benzene rings is 2. The van der Waals surface area contributed by atoms with Crippen molar-refractivity contribution in [1.29, 1.82) is 0 Å². The largest absolute Gasteiger partial charge is 0.496 e. The van der Waals surface area contributed by atoms with Gasteiger partial charge in [-0.1, -0.05) is 42.5 Å². The molecule has 0 aliphatic carbocycles. The first-order valence-corrected chi connectivity index (χ1v) is 7.20. The van der Waals surface area contributed by atoms with E-state index in [4.69, 9.17) is 4.74 Å². The van der Waals surface area contributed by atoms with Crippen molar-refractivity contribution in [1.82, 2.24) is 0 Å². The van der Waals surface area contributed by atoms with Gasteiger partial charge in [-0.05, 0) is 36.1 Å². The van der Waals surface area contributed by atoms with Crippen LogP contribution in [0.4, 0.5) is 0 Å². The van der Waals surface area contributed by atoms with Crippen molar-refractivity contribution in [3.63, 3.8) is 0 Å². The Kier molecular flexibility index (Phi) is 5.78. The zero-order valence-electron chi connectivity index (χ0n) is 12.9. The topological polar surface area (TPSA) is 35.5 Å². The summed E-state index contributed by atoms with van der Waals surface area (Å²) in [4.78, 5) is 11.3. The number of ether oxygens (including phenoxy) is 2. The Labute approximate surface area is 131 Å². The van der Waals surface area contributed by atoms with Crippen LogP contribution in [0.3, 0.4) is 0 Å². The van der Waals surface area contributed by atoms with Gasteiger partial charge in [0.1, 0.15) is 5.75 Å². The standard InChI is InChI=1S/C19H20O3/c1-21-18-10-6-9-16(12-14-19(20)22-2)17(18)13-11-15-7-4-3-5-8-15/h3-10,12,14H,11,13H2,1-2H3. The Hall–Kier alpha value is -2.55. The molecule has 3 heteroatoms. The number of hydrogen-bond donors (Lipinski definition) is 0. The predicted octanol–water partition coefficient (Wildman–Crippen LogP) is 3.67. The SMILES string of the molecule is COC(=O)C=Cc1cccc(OC)c1CCc1ccccc1. The van der Waals surface area contributed by atoms with E-state index in [0.29, 0.717) is 0 Å². The zero-order chi connectivity index (χ0) is 15.8. The van der Waals surface area contributed by atoms with Crippen molar-refractivity contribution in [2.24, 2.45) is 0 Å². The molecule has 0 atom stereocenters. The summed E-state index contributed by atoms with van der Waals surface area (Å²) in [6.45, 7) is 0. The average Bonchev–Trinajstić information content (AvgIpc) is 2.58. The molecule has 0 heterocycles. The molecule has 0 unspecified atom stereocenters. The first kappa shape index (κ1) is 15.8. The summed E-state index contributed by atoms with van der Waals surface area (Å²) in [6, 6.07) is 16.1. The van der Waals surface area contributed by atoms with Crippen molar-refractivity contribution in [3.8, 4) is 5.75 Å². The van der Waals surface area contributed by atoms with Gasteiger partial charge in [-0.25, -0.2) is 4.79 Å². The quantitative estimate of drug-likeness (QED) is 0.603. The van der Waals surface area contributed by atoms with Crippen LogP contribution in [0.25, 0.3) is 6.08 Å². The zero-order valence-corrected chi connectivity index (χ0v) is 12.9. The molecular weight excluding hydrogens is 276 g/mol. The van der Waals surface area contributed by atoms with E-state index in [2.05, 4.69) is 16.9 Å². The minimum Gasteiger partial charge on any atom is -0.496 e. The van der Waals surface area contributed by atoms with Crippen LogP contribution in [0.1, 0.15) is 16.7 Å². The van der Waals surface area contributed by atoms with E-state index < -0.39 is 0 Å². The van der Waals surface area contributed by atoms with Gasteiger partial charge in [-0.3, -0.25) is 0 Å². The lowest BCUT2D eigenvalue weighted by molar-refractivity contribution is -0.134. The Morgan fingerprint density at radius 2 is 1.77 bits per heavy atom. The van der Waals surface area contributed by atoms with Crippen LogP contribution in [0.5, 0.6) is 5.75 Å². The van der Waals surface area contributed by atoms with Gasteiger partial charge in [0.15, 0.2) is 0 Å². The highest BCUT2D eigenvalue weighted by Crippen LogP contribution is 2.25. The first-order chi connectivity index (χ1) is 10.7. The fraction of sp³-hybridized carbons (Fsp3) is 0.211. The van der Waals surface area contributed by atoms with E-state index in [9.17, 15) is 4.79 Å². The third-order valence-electron chi connectivity index (χ3n) is 3.50. The molecule has 0 aromatic heterocycles. The van der Waals surface area contributed by atoms with Gasteiger partial charge in [0.25, 0.3) is 0 Å². The van der Waals surface area contributed by atoms with Crippen LogP contribution in [-0.2, 0) is 22.4 Å². The molecule has 2 aromatic rings. The second-order valence-corrected chi connectivity index (χ2v) is 4.87. The van der Waals surface area contributed by atoms with Crippen molar-refractivity contribution in [3.05, 3.63) is 71.3 Å². The van der Waals surface area contributed by atoms with Gasteiger partial charge in [-0.2, -0.15) is 0 Å². The highest BCUT2D eigenvalue weighted by molar-refractivity contribution is 5.87. The second-order valence-electron chi connectivity index (χ2n) is 4.87. The lowest BCUT2D eigenvalue weighted by atomic mass is 9.98. The molecule has 2 rings (SSSR count). The lowest BCUT2D eigenvalue weighted by Crippen LogP contribution is -1.99. The Morgan fingerprint density at radius 3 is 2.45 bits per heavy atom. The maximum absolute atomic E-state index is 11.3. The molecule has 0 saturated carbocycles. The van der Waals surface area contributed by atoms with Crippen molar-refractivity contribution in [2.45, 2.75) is 12.8 Å². The second kappa shape index (κ2) is 8.03. The van der Waals surface area contributed by atoms with E-state index >= 15 is 0 Å². The van der Waals surface area contributed by atoms with E-state index in [-0.39, 0.29) is 5.97 Å². The monoisotopic (exact) mass is 296 g/mol. The highest BCUT2D eigenvalue weighted by atomic mass is 16.5. The summed E-state index contributed by atoms with van der Waals surface area (Å²) in [5, 5.41) is 0. The number of esters is 1. The number of carbonyl (C=O) groups excluding carboxylic acids is 1. The maximum Gasteiger partial charge on any atom is 0.330 e. The van der Waals surface area contributed by atoms with Crippen LogP contribution in [-0.4, -0.2) is 20.2 Å². The fourth-order valence-electron chi connectivity index (χ4n) is 2.34. The predicted molar refractivity (Wildman–Crippen MR) is 87.9 cm³/mol. The average molecular weight is 296 g/mol. The molecule has 0 fully saturated rings. The number of carbonyl (C=O) groups is 1. The van der Waals surface area contributed by atoms with Crippen LogP contribution in [0.15, 0.2) is 54.6 Å². The van der Waals surface area contributed by atoms with Gasteiger partial charge < -0.3 is 9.47 Å². The van der Waals surface area contributed by atoms with Crippen LogP contribution in [0.2, 0.25) is 0 Å². The minimum absolute atomic E-state index is 0.364. The van der Waals surface area contributed by atoms with Crippen molar-refractivity contribution >= 4 is 12.0 Å². The normalized spacial score (nSPS) is 10.6. The molecule has 0 radical (unpaired) electrons. The first-order valence-electron chi connectivity index (χ1n) is 7.20. The summed E-state index contributed by atoms with van der Waals surface area (Å²) in [6.07, 6.45) is 4.96. The highest BCUT2D eigenvalue weighted by Gasteiger charge is 2.08. The lowest BCUT2D eigenvalue weighted by Gasteiger charge is -2.12. The van der Waals surface area contributed by atoms with Crippen LogP contribution in [0, 0.1) is 0 Å². The summed E-state index contributed by atoms with van der Waals surface area (Å²) >= 11 is 0. The number of aryl methyl sites for hydroxylation is 1. The molecule has 22 heavy (non-hydrogen) atoms. The molecule has 0 spiro atoms. The van der Waals surface area contributed by atoms with Crippen LogP contribution < -0.4 is 4.74 Å². The maximum atomic E-state index is 11.3. The summed E-state index contributed by atoms with van der Waals surface area (Å²) in [5.74, 6) is 0.472. The Bertz CT molecular complexity index is 645. The Morgan fingerprint density at radius 1 is 1.00 bits per heavy atom. The number of rotatable bonds is 6. The van der Waals surface area contributed by atoms with Gasteiger partial charge in [0, 0.05) is 11.6 Å². The molecule has 0 aliphatic rings. The smallest absolute Gasteiger partial charge is 0.330 e. The molecule has 0 aliphatic heterocycles. The van der Waals surface area contributed by atoms with E-state index in [1.54, 1.807) is 13.2 Å². The van der Waals surface area contributed by atoms with E-state index in [0.717, 1.165) is 29.7 Å². The van der Waals surface area contributed by atoms with E-state index in [1.807, 2.05) is 36.4 Å². The number of methoxy groups -OCH3 is 2. The van der Waals surface area contributed by atoms with Crippen LogP contribution >= 0.6 is 0 Å². The van der Waals surface area contributed by atoms with Gasteiger partial charge in [-0.15, -0.1) is 0 Å². The summed E-state index contributed by atoms with van der Waals surface area (Å²) < 4.78 is 10.1. The Balaban J connectivity index is 2.23. The van der Waals surface area contributed by atoms with Gasteiger partial charge in [0.05, 0.1) is 14.2 Å². The van der Waals surface area contributed by atoms with Crippen molar-refractivity contribution < 1.29 is 14.3 Å². The fourth-order valence-corrected chi connectivity index (χ4v) is 2.34. The third kappa shape index (κ3) is 4.22. The molecule has 0 saturated heterocycles. The third-order valence-corrected chi connectivity index (χ3v) is 3.50. The molecule has 0 bridgehead atoms. The molecule has 114 valence electrons. The molecular formula is C19H20O3. The van der Waals surface area contributed by atoms with Gasteiger partial charge in [0.2, 0.25) is 0 Å². The molecule has 0 N–H and O–H groups in total. The van der Waals surface area contributed by atoms with E-state index in [1.165, 1.54) is 18.7 Å². The summed E-state index contributed by atoms with van der Waals surface area (Å²) in [7, 11) is 3.03. The molecule has 0 amide bonds. The molecule has 3 nitrogen and oxygen atoms in total. The van der Waals surface area contributed by atoms with Gasteiger partial charge >= 0.3 is 5.97 Å². The van der Waals surface area contributed by atoms with Crippen molar-refractivity contribution in [2.75, 3.05) is 14.2 Å². The summed E-state index contributed by atoms with van der Waals surface area (Å²) in [5.41, 5.74) is 3.34. The minimum atomic E-state index is -0.364. The molecule has 2 aromatic carbocycles.